The molecule has 0 saturated carbocycles. The minimum atomic E-state index is -3.96. The summed E-state index contributed by atoms with van der Waals surface area (Å²) in [4.78, 5) is 0.868. The standard InChI is InChI=1S/C5H6O3S2.Ba.2H/c1-4-2-3-5(9-4)10(6,7)8;;;/h2-3H,1H3,(H,6,7,8);;;/q;+2;2*-1. The van der Waals surface area contributed by atoms with E-state index in [0.717, 1.165) is 16.2 Å². The van der Waals surface area contributed by atoms with Gasteiger partial charge in [0.15, 0.2) is 0 Å². The molecule has 0 fully saturated rings. The number of hydrogen-bond acceptors (Lipinski definition) is 3. The van der Waals surface area contributed by atoms with Gasteiger partial charge in [-0.1, -0.05) is 0 Å². The van der Waals surface area contributed by atoms with E-state index in [-0.39, 0.29) is 55.9 Å². The van der Waals surface area contributed by atoms with Gasteiger partial charge < -0.3 is 2.85 Å². The van der Waals surface area contributed by atoms with E-state index in [4.69, 9.17) is 4.55 Å². The molecule has 0 saturated heterocycles. The van der Waals surface area contributed by atoms with Crippen LogP contribution in [0.25, 0.3) is 0 Å². The Hall–Kier alpha value is 1.18. The molecule has 60 valence electrons. The Morgan fingerprint density at radius 3 is 2.27 bits per heavy atom. The topological polar surface area (TPSA) is 54.4 Å². The third-order valence-electron chi connectivity index (χ3n) is 0.970. The number of thiophene rings is 1. The van der Waals surface area contributed by atoms with Crippen molar-refractivity contribution in [3.05, 3.63) is 17.0 Å². The summed E-state index contributed by atoms with van der Waals surface area (Å²) in [5, 5.41) is 0. The second-order valence-electron chi connectivity index (χ2n) is 1.84. The van der Waals surface area contributed by atoms with Gasteiger partial charge in [-0.25, -0.2) is 0 Å². The molecule has 1 rings (SSSR count). The first-order valence-corrected chi connectivity index (χ1v) is 4.80. The van der Waals surface area contributed by atoms with Crippen molar-refractivity contribution in [3.63, 3.8) is 0 Å². The van der Waals surface area contributed by atoms with E-state index in [9.17, 15) is 8.42 Å². The van der Waals surface area contributed by atoms with Crippen molar-refractivity contribution in [2.24, 2.45) is 0 Å². The van der Waals surface area contributed by atoms with Crippen molar-refractivity contribution in [1.29, 1.82) is 0 Å². The van der Waals surface area contributed by atoms with Gasteiger partial charge in [0.05, 0.1) is 0 Å². The Balaban J connectivity index is -0.000000333. The predicted octanol–water partition coefficient (Wildman–Crippen LogP) is 1.15. The van der Waals surface area contributed by atoms with E-state index in [1.165, 1.54) is 6.07 Å². The molecule has 0 aliphatic rings. The van der Waals surface area contributed by atoms with Gasteiger partial charge in [0.1, 0.15) is 4.21 Å². The summed E-state index contributed by atoms with van der Waals surface area (Å²) in [7, 11) is -3.96. The van der Waals surface area contributed by atoms with E-state index >= 15 is 0 Å². The molecule has 0 aliphatic carbocycles. The minimum absolute atomic E-state index is 0. The molecule has 1 aromatic rings. The van der Waals surface area contributed by atoms with Crippen molar-refractivity contribution in [1.82, 2.24) is 0 Å². The largest absolute Gasteiger partial charge is 2.00 e. The fourth-order valence-corrected chi connectivity index (χ4v) is 2.20. The van der Waals surface area contributed by atoms with Gasteiger partial charge in [0.2, 0.25) is 0 Å². The van der Waals surface area contributed by atoms with E-state index in [0.29, 0.717) is 0 Å². The molecule has 0 radical (unpaired) electrons. The molecular formula is C5H8BaO3S2. The van der Waals surface area contributed by atoms with E-state index in [1.54, 1.807) is 13.0 Å². The zero-order valence-electron chi connectivity index (χ0n) is 7.94. The van der Waals surface area contributed by atoms with Gasteiger partial charge in [-0.3, -0.25) is 4.55 Å². The van der Waals surface area contributed by atoms with Crippen molar-refractivity contribution >= 4 is 70.3 Å². The van der Waals surface area contributed by atoms with Crippen LogP contribution >= 0.6 is 11.3 Å². The molecule has 0 bridgehead atoms. The van der Waals surface area contributed by atoms with Crippen LogP contribution in [0.3, 0.4) is 0 Å². The second kappa shape index (κ2) is 4.43. The average molecular weight is 318 g/mol. The number of hydrogen-bond donors (Lipinski definition) is 1. The number of rotatable bonds is 1. The van der Waals surface area contributed by atoms with E-state index < -0.39 is 10.1 Å². The van der Waals surface area contributed by atoms with Crippen molar-refractivity contribution in [2.75, 3.05) is 0 Å². The zero-order chi connectivity index (χ0) is 7.78. The third-order valence-corrected chi connectivity index (χ3v) is 3.29. The summed E-state index contributed by atoms with van der Waals surface area (Å²) in [5.41, 5.74) is 0. The van der Waals surface area contributed by atoms with Gasteiger partial charge in [-0.05, 0) is 19.1 Å². The summed E-state index contributed by atoms with van der Waals surface area (Å²) in [5.74, 6) is 0. The summed E-state index contributed by atoms with van der Waals surface area (Å²) in [6.07, 6.45) is 0. The third kappa shape index (κ3) is 3.60. The fourth-order valence-electron chi connectivity index (χ4n) is 0.551. The Morgan fingerprint density at radius 1 is 1.55 bits per heavy atom. The molecule has 11 heavy (non-hydrogen) atoms. The molecular weight excluding hydrogens is 310 g/mol. The Morgan fingerprint density at radius 2 is 2.09 bits per heavy atom. The normalized spacial score (nSPS) is 10.7. The maximum atomic E-state index is 10.4. The molecule has 0 unspecified atom stereocenters. The van der Waals surface area contributed by atoms with Crippen LogP contribution in [0.2, 0.25) is 0 Å². The summed E-state index contributed by atoms with van der Waals surface area (Å²) in [6, 6.07) is 3.03. The molecule has 0 amide bonds. The van der Waals surface area contributed by atoms with Crippen LogP contribution in [0.5, 0.6) is 0 Å². The van der Waals surface area contributed by atoms with Gasteiger partial charge in [0, 0.05) is 4.88 Å². The first kappa shape index (κ1) is 12.2. The molecule has 1 heterocycles. The van der Waals surface area contributed by atoms with Crippen LogP contribution in [0, 0.1) is 6.92 Å². The minimum Gasteiger partial charge on any atom is -1.00 e. The Labute approximate surface area is 113 Å². The number of aryl methyl sites for hydroxylation is 1. The van der Waals surface area contributed by atoms with Crippen molar-refractivity contribution < 1.29 is 15.8 Å². The molecule has 0 aliphatic heterocycles. The van der Waals surface area contributed by atoms with E-state index in [1.807, 2.05) is 0 Å². The van der Waals surface area contributed by atoms with Crippen LogP contribution in [0.4, 0.5) is 0 Å². The maximum Gasteiger partial charge on any atom is 2.00 e. The monoisotopic (exact) mass is 318 g/mol. The first-order valence-electron chi connectivity index (χ1n) is 2.54. The van der Waals surface area contributed by atoms with Crippen LogP contribution in [-0.4, -0.2) is 61.9 Å². The molecule has 0 spiro atoms. The van der Waals surface area contributed by atoms with Crippen LogP contribution in [0.1, 0.15) is 7.73 Å². The van der Waals surface area contributed by atoms with Gasteiger partial charge in [-0.2, -0.15) is 8.42 Å². The predicted molar refractivity (Wildman–Crippen MR) is 46.8 cm³/mol. The van der Waals surface area contributed by atoms with Crippen LogP contribution < -0.4 is 0 Å². The van der Waals surface area contributed by atoms with Crippen molar-refractivity contribution in [2.45, 2.75) is 11.1 Å². The quantitative estimate of drug-likeness (QED) is 0.624. The van der Waals surface area contributed by atoms with Crippen LogP contribution in [0.15, 0.2) is 16.3 Å². The fraction of sp³-hybridized carbons (Fsp3) is 0.200. The summed E-state index contributed by atoms with van der Waals surface area (Å²) >= 11 is 1.06. The Bertz CT molecular complexity index is 335. The molecule has 6 heteroatoms. The van der Waals surface area contributed by atoms with Gasteiger partial charge >= 0.3 is 59.0 Å². The SMILES string of the molecule is Cc1ccc(S(=O)(=O)O)s1.[Ba+2].[H-].[H-]. The van der Waals surface area contributed by atoms with Gasteiger partial charge in [0.25, 0.3) is 0 Å². The molecule has 0 atom stereocenters. The van der Waals surface area contributed by atoms with E-state index in [2.05, 4.69) is 0 Å². The van der Waals surface area contributed by atoms with Crippen molar-refractivity contribution in [3.8, 4) is 0 Å². The first-order chi connectivity index (χ1) is 4.50. The summed E-state index contributed by atoms with van der Waals surface area (Å²) in [6.45, 7) is 1.78. The smallest absolute Gasteiger partial charge is 1.00 e. The van der Waals surface area contributed by atoms with Gasteiger partial charge in [-0.15, -0.1) is 11.3 Å². The Kier molecular flexibility index (Phi) is 4.90. The maximum absolute atomic E-state index is 10.4. The molecule has 3 nitrogen and oxygen atoms in total. The second-order valence-corrected chi connectivity index (χ2v) is 4.78. The van der Waals surface area contributed by atoms with Crippen LogP contribution in [-0.2, 0) is 10.1 Å². The summed E-state index contributed by atoms with van der Waals surface area (Å²) < 4.78 is 29.3. The zero-order valence-corrected chi connectivity index (χ0v) is 12.0. The average Bonchev–Trinajstić information content (AvgIpc) is 2.11. The molecule has 0 aromatic carbocycles. The molecule has 1 N–H and O–H groups in total. The molecule has 1 aromatic heterocycles.